The van der Waals surface area contributed by atoms with Crippen LogP contribution in [0.3, 0.4) is 0 Å². The Balaban J connectivity index is 1.37. The van der Waals surface area contributed by atoms with Gasteiger partial charge in [0.2, 0.25) is 0 Å². The summed E-state index contributed by atoms with van der Waals surface area (Å²) in [6.07, 6.45) is 6.75. The molecule has 5 aromatic carbocycles. The van der Waals surface area contributed by atoms with Crippen LogP contribution in [0.4, 0.5) is 17.1 Å². The van der Waals surface area contributed by atoms with Gasteiger partial charge in [0.25, 0.3) is 0 Å². The van der Waals surface area contributed by atoms with E-state index in [0.717, 1.165) is 74.7 Å². The number of amidine groups is 1. The third kappa shape index (κ3) is 5.28. The number of anilines is 3. The molecule has 1 aliphatic heterocycles. The Hall–Kier alpha value is -5.22. The first-order valence-corrected chi connectivity index (χ1v) is 14.9. The topological polar surface area (TPSA) is 37.2 Å². The molecule has 0 amide bonds. The van der Waals surface area contributed by atoms with Crippen molar-refractivity contribution in [2.75, 3.05) is 4.90 Å². The van der Waals surface area contributed by atoms with E-state index in [0.29, 0.717) is 5.84 Å². The van der Waals surface area contributed by atoms with Gasteiger partial charge in [-0.1, -0.05) is 97.6 Å². The minimum Gasteiger partial charge on any atom is -0.452 e. The van der Waals surface area contributed by atoms with Crippen molar-refractivity contribution in [1.82, 2.24) is 0 Å². The quantitative estimate of drug-likeness (QED) is 0.156. The van der Waals surface area contributed by atoms with Crippen molar-refractivity contribution in [3.05, 3.63) is 150 Å². The number of para-hydroxylation sites is 2. The number of allylic oxidation sites excluding steroid dienone is 2. The standard InChI is InChI=1S/C39H33N3O/c1-27(29-14-5-3-6-15-29)40-39(41-28(2)30-16-7-4-8-17-30)32-19-13-20-33(26-32)42-35-22-11-12-23-37(35)43-38-34-21-10-9-18-31(34)24-25-36(38)42/h4,7-14,16-26H,1,3,5-6,15H2,2H3. The van der Waals surface area contributed by atoms with Crippen LogP contribution in [0.25, 0.3) is 10.8 Å². The van der Waals surface area contributed by atoms with Gasteiger partial charge in [-0.2, -0.15) is 0 Å². The predicted molar refractivity (Wildman–Crippen MR) is 180 cm³/mol. The highest BCUT2D eigenvalue weighted by atomic mass is 16.5. The van der Waals surface area contributed by atoms with E-state index in [1.165, 1.54) is 18.4 Å². The summed E-state index contributed by atoms with van der Waals surface area (Å²) in [5, 5.41) is 2.23. The summed E-state index contributed by atoms with van der Waals surface area (Å²) >= 11 is 0. The number of benzene rings is 5. The maximum atomic E-state index is 6.54. The molecular formula is C39H33N3O. The van der Waals surface area contributed by atoms with Crippen LogP contribution in [0.2, 0.25) is 0 Å². The van der Waals surface area contributed by atoms with Crippen LogP contribution < -0.4 is 9.64 Å². The van der Waals surface area contributed by atoms with E-state index in [-0.39, 0.29) is 0 Å². The minimum atomic E-state index is 0.653. The number of hydrogen-bond acceptors (Lipinski definition) is 3. The fourth-order valence-electron chi connectivity index (χ4n) is 5.90. The van der Waals surface area contributed by atoms with Gasteiger partial charge in [0.1, 0.15) is 0 Å². The van der Waals surface area contributed by atoms with Crippen LogP contribution in [0.15, 0.2) is 149 Å². The Bertz CT molecular complexity index is 1930. The number of aliphatic imine (C=N–C) groups is 2. The van der Waals surface area contributed by atoms with Crippen molar-refractivity contribution in [3.63, 3.8) is 0 Å². The fraction of sp³-hybridized carbons (Fsp3) is 0.128. The molecule has 43 heavy (non-hydrogen) atoms. The van der Waals surface area contributed by atoms with Crippen molar-refractivity contribution < 1.29 is 4.74 Å². The molecule has 1 aliphatic carbocycles. The van der Waals surface area contributed by atoms with Gasteiger partial charge in [0.15, 0.2) is 17.3 Å². The molecule has 0 unspecified atom stereocenters. The normalized spacial score (nSPS) is 14.9. The van der Waals surface area contributed by atoms with Crippen molar-refractivity contribution in [3.8, 4) is 11.5 Å². The SMILES string of the molecule is C=C(N=C(N=C(C)c1ccccc1)c1cccc(N2c3ccccc3Oc3c2ccc2ccccc32)c1)C1=CCCCC1. The second-order valence-corrected chi connectivity index (χ2v) is 11.0. The molecule has 4 heteroatoms. The van der Waals surface area contributed by atoms with Crippen molar-refractivity contribution in [1.29, 1.82) is 0 Å². The molecule has 5 aromatic rings. The monoisotopic (exact) mass is 559 g/mol. The number of fused-ring (bicyclic) bond motifs is 4. The molecule has 0 radical (unpaired) electrons. The largest absolute Gasteiger partial charge is 0.452 e. The Labute approximate surface area is 253 Å². The molecule has 0 aromatic heterocycles. The molecule has 0 fully saturated rings. The average Bonchev–Trinajstić information content (AvgIpc) is 3.07. The summed E-state index contributed by atoms with van der Waals surface area (Å²) in [7, 11) is 0. The molecule has 4 nitrogen and oxygen atoms in total. The molecule has 0 atom stereocenters. The molecular weight excluding hydrogens is 526 g/mol. The minimum absolute atomic E-state index is 0.653. The average molecular weight is 560 g/mol. The molecule has 0 spiro atoms. The lowest BCUT2D eigenvalue weighted by atomic mass is 9.98. The number of ether oxygens (including phenoxy) is 1. The maximum absolute atomic E-state index is 6.54. The molecule has 0 saturated heterocycles. The molecule has 0 bridgehead atoms. The fourth-order valence-corrected chi connectivity index (χ4v) is 5.90. The van der Waals surface area contributed by atoms with Crippen LogP contribution in [0.1, 0.15) is 43.7 Å². The highest BCUT2D eigenvalue weighted by molar-refractivity contribution is 6.12. The van der Waals surface area contributed by atoms with Crippen LogP contribution in [0, 0.1) is 0 Å². The summed E-state index contributed by atoms with van der Waals surface area (Å²) in [6, 6.07) is 39.6. The van der Waals surface area contributed by atoms with Crippen molar-refractivity contribution in [2.45, 2.75) is 32.6 Å². The zero-order chi connectivity index (χ0) is 29.2. The lowest BCUT2D eigenvalue weighted by molar-refractivity contribution is 0.482. The van der Waals surface area contributed by atoms with Crippen molar-refractivity contribution in [2.24, 2.45) is 9.98 Å². The lowest BCUT2D eigenvalue weighted by Crippen LogP contribution is -2.16. The van der Waals surface area contributed by atoms with Crippen LogP contribution in [-0.4, -0.2) is 11.5 Å². The first kappa shape index (κ1) is 26.7. The third-order valence-corrected chi connectivity index (χ3v) is 8.15. The zero-order valence-electron chi connectivity index (χ0n) is 24.3. The molecule has 2 aliphatic rings. The first-order valence-electron chi connectivity index (χ1n) is 14.9. The molecule has 0 saturated carbocycles. The van der Waals surface area contributed by atoms with Gasteiger partial charge >= 0.3 is 0 Å². The molecule has 1 heterocycles. The van der Waals surface area contributed by atoms with Gasteiger partial charge in [-0.3, -0.25) is 0 Å². The lowest BCUT2D eigenvalue weighted by Gasteiger charge is -2.33. The van der Waals surface area contributed by atoms with Gasteiger partial charge in [-0.25, -0.2) is 9.98 Å². The Morgan fingerprint density at radius 2 is 1.53 bits per heavy atom. The van der Waals surface area contributed by atoms with E-state index >= 15 is 0 Å². The summed E-state index contributed by atoms with van der Waals surface area (Å²) in [5.41, 5.74) is 7.90. The first-order chi connectivity index (χ1) is 21.2. The van der Waals surface area contributed by atoms with E-state index in [2.05, 4.69) is 96.4 Å². The number of nitrogens with zero attached hydrogens (tertiary/aromatic N) is 3. The summed E-state index contributed by atoms with van der Waals surface area (Å²) in [4.78, 5) is 12.4. The smallest absolute Gasteiger partial charge is 0.160 e. The zero-order valence-corrected chi connectivity index (χ0v) is 24.3. The number of rotatable bonds is 5. The van der Waals surface area contributed by atoms with Gasteiger partial charge in [0, 0.05) is 22.3 Å². The van der Waals surface area contributed by atoms with Gasteiger partial charge in [-0.05, 0) is 79.5 Å². The summed E-state index contributed by atoms with van der Waals surface area (Å²) in [5.74, 6) is 2.33. The molecule has 7 rings (SSSR count). The Morgan fingerprint density at radius 1 is 0.744 bits per heavy atom. The number of hydrogen-bond donors (Lipinski definition) is 0. The van der Waals surface area contributed by atoms with E-state index in [1.807, 2.05) is 43.3 Å². The second-order valence-electron chi connectivity index (χ2n) is 11.0. The van der Waals surface area contributed by atoms with E-state index in [4.69, 9.17) is 14.7 Å². The Kier molecular flexibility index (Phi) is 7.18. The Morgan fingerprint density at radius 3 is 2.40 bits per heavy atom. The van der Waals surface area contributed by atoms with E-state index in [1.54, 1.807) is 0 Å². The highest BCUT2D eigenvalue weighted by Crippen LogP contribution is 2.52. The molecule has 210 valence electrons. The summed E-state index contributed by atoms with van der Waals surface area (Å²) in [6.45, 7) is 6.41. The van der Waals surface area contributed by atoms with Crippen LogP contribution in [-0.2, 0) is 0 Å². The van der Waals surface area contributed by atoms with Crippen LogP contribution >= 0.6 is 0 Å². The molecule has 0 N–H and O–H groups in total. The van der Waals surface area contributed by atoms with Crippen molar-refractivity contribution >= 4 is 39.4 Å². The van der Waals surface area contributed by atoms with E-state index < -0.39 is 0 Å². The maximum Gasteiger partial charge on any atom is 0.160 e. The van der Waals surface area contributed by atoms with Crippen LogP contribution in [0.5, 0.6) is 11.5 Å². The van der Waals surface area contributed by atoms with Gasteiger partial charge < -0.3 is 9.64 Å². The predicted octanol–water partition coefficient (Wildman–Crippen LogP) is 10.7. The van der Waals surface area contributed by atoms with Gasteiger partial charge in [-0.15, -0.1) is 0 Å². The third-order valence-electron chi connectivity index (χ3n) is 8.15. The van der Waals surface area contributed by atoms with Gasteiger partial charge in [0.05, 0.1) is 17.1 Å². The highest BCUT2D eigenvalue weighted by Gasteiger charge is 2.27. The van der Waals surface area contributed by atoms with E-state index in [9.17, 15) is 0 Å². The summed E-state index contributed by atoms with van der Waals surface area (Å²) < 4.78 is 6.54. The second kappa shape index (κ2) is 11.6.